The van der Waals surface area contributed by atoms with Crippen molar-refractivity contribution in [2.75, 3.05) is 44.2 Å². The first-order valence-electron chi connectivity index (χ1n) is 8.31. The van der Waals surface area contributed by atoms with E-state index in [9.17, 15) is 0 Å². The van der Waals surface area contributed by atoms with Gasteiger partial charge in [0.15, 0.2) is 0 Å². The minimum atomic E-state index is 0.821. The SMILES string of the molecule is CCc1cc(N2CCCN(CCCCCN)CC2)ncn1. The highest BCUT2D eigenvalue weighted by atomic mass is 15.2. The molecule has 1 saturated heterocycles. The van der Waals surface area contributed by atoms with Crippen molar-refractivity contribution in [1.29, 1.82) is 0 Å². The van der Waals surface area contributed by atoms with E-state index < -0.39 is 0 Å². The largest absolute Gasteiger partial charge is 0.355 e. The molecule has 0 aliphatic carbocycles. The summed E-state index contributed by atoms with van der Waals surface area (Å²) in [5, 5.41) is 0. The van der Waals surface area contributed by atoms with E-state index in [1.54, 1.807) is 6.33 Å². The topological polar surface area (TPSA) is 58.3 Å². The summed E-state index contributed by atoms with van der Waals surface area (Å²) in [5.41, 5.74) is 6.67. The van der Waals surface area contributed by atoms with Crippen LogP contribution in [-0.4, -0.2) is 54.1 Å². The van der Waals surface area contributed by atoms with Gasteiger partial charge in [-0.3, -0.25) is 0 Å². The predicted octanol–water partition coefficient (Wildman–Crippen LogP) is 1.68. The zero-order chi connectivity index (χ0) is 14.9. The fourth-order valence-corrected chi connectivity index (χ4v) is 2.83. The van der Waals surface area contributed by atoms with Gasteiger partial charge in [-0.15, -0.1) is 0 Å². The van der Waals surface area contributed by atoms with Crippen molar-refractivity contribution in [3.05, 3.63) is 18.1 Å². The van der Waals surface area contributed by atoms with Gasteiger partial charge in [0.25, 0.3) is 0 Å². The number of anilines is 1. The van der Waals surface area contributed by atoms with E-state index in [0.29, 0.717) is 0 Å². The first kappa shape index (κ1) is 16.2. The zero-order valence-electron chi connectivity index (χ0n) is 13.3. The fraction of sp³-hybridized carbons (Fsp3) is 0.750. The van der Waals surface area contributed by atoms with E-state index in [0.717, 1.165) is 50.5 Å². The first-order valence-corrected chi connectivity index (χ1v) is 8.31. The van der Waals surface area contributed by atoms with Crippen LogP contribution in [0.25, 0.3) is 0 Å². The molecule has 0 aromatic carbocycles. The highest BCUT2D eigenvalue weighted by molar-refractivity contribution is 5.39. The van der Waals surface area contributed by atoms with Crippen molar-refractivity contribution >= 4 is 5.82 Å². The van der Waals surface area contributed by atoms with Crippen molar-refractivity contribution in [2.45, 2.75) is 39.0 Å². The first-order chi connectivity index (χ1) is 10.3. The molecule has 0 radical (unpaired) electrons. The molecular formula is C16H29N5. The van der Waals surface area contributed by atoms with Gasteiger partial charge in [-0.05, 0) is 45.3 Å². The summed E-state index contributed by atoms with van der Waals surface area (Å²) in [4.78, 5) is 13.7. The Bertz CT molecular complexity index is 409. The number of hydrogen-bond acceptors (Lipinski definition) is 5. The summed E-state index contributed by atoms with van der Waals surface area (Å²) in [7, 11) is 0. The van der Waals surface area contributed by atoms with Gasteiger partial charge in [-0.25, -0.2) is 9.97 Å². The highest BCUT2D eigenvalue weighted by Gasteiger charge is 2.15. The van der Waals surface area contributed by atoms with Crippen LogP contribution < -0.4 is 10.6 Å². The Morgan fingerprint density at radius 3 is 2.81 bits per heavy atom. The Labute approximate surface area is 128 Å². The number of aromatic nitrogens is 2. The molecule has 0 saturated carbocycles. The second kappa shape index (κ2) is 8.95. The van der Waals surface area contributed by atoms with E-state index in [2.05, 4.69) is 32.8 Å². The minimum Gasteiger partial charge on any atom is -0.355 e. The summed E-state index contributed by atoms with van der Waals surface area (Å²) in [6.45, 7) is 8.66. The van der Waals surface area contributed by atoms with Gasteiger partial charge in [0.05, 0.1) is 0 Å². The monoisotopic (exact) mass is 291 g/mol. The van der Waals surface area contributed by atoms with Gasteiger partial charge < -0.3 is 15.5 Å². The quantitative estimate of drug-likeness (QED) is 0.775. The van der Waals surface area contributed by atoms with Gasteiger partial charge in [-0.2, -0.15) is 0 Å². The van der Waals surface area contributed by atoms with Crippen molar-refractivity contribution in [3.8, 4) is 0 Å². The molecule has 1 fully saturated rings. The summed E-state index contributed by atoms with van der Waals surface area (Å²) >= 11 is 0. The lowest BCUT2D eigenvalue weighted by atomic mass is 10.2. The molecule has 1 aliphatic heterocycles. The maximum Gasteiger partial charge on any atom is 0.132 e. The molecular weight excluding hydrogens is 262 g/mol. The van der Waals surface area contributed by atoms with Crippen molar-refractivity contribution in [3.63, 3.8) is 0 Å². The molecule has 21 heavy (non-hydrogen) atoms. The van der Waals surface area contributed by atoms with Crippen molar-refractivity contribution in [1.82, 2.24) is 14.9 Å². The number of rotatable bonds is 7. The Morgan fingerprint density at radius 1 is 1.10 bits per heavy atom. The molecule has 5 heteroatoms. The van der Waals surface area contributed by atoms with Crippen LogP contribution >= 0.6 is 0 Å². The zero-order valence-corrected chi connectivity index (χ0v) is 13.3. The van der Waals surface area contributed by atoms with Crippen LogP contribution in [0.15, 0.2) is 12.4 Å². The van der Waals surface area contributed by atoms with Gasteiger partial charge >= 0.3 is 0 Å². The van der Waals surface area contributed by atoms with Crippen LogP contribution in [0.1, 0.15) is 38.3 Å². The Hall–Kier alpha value is -1.20. The molecule has 1 aliphatic rings. The van der Waals surface area contributed by atoms with Crippen LogP contribution in [0.2, 0.25) is 0 Å². The second-order valence-corrected chi connectivity index (χ2v) is 5.75. The lowest BCUT2D eigenvalue weighted by Crippen LogP contribution is -2.31. The number of hydrogen-bond donors (Lipinski definition) is 1. The summed E-state index contributed by atoms with van der Waals surface area (Å²) in [6, 6.07) is 2.14. The summed E-state index contributed by atoms with van der Waals surface area (Å²) in [6.07, 6.45) is 7.55. The van der Waals surface area contributed by atoms with E-state index in [1.807, 2.05) is 0 Å². The Morgan fingerprint density at radius 2 is 2.00 bits per heavy atom. The highest BCUT2D eigenvalue weighted by Crippen LogP contribution is 2.14. The predicted molar refractivity (Wildman–Crippen MR) is 87.6 cm³/mol. The lowest BCUT2D eigenvalue weighted by Gasteiger charge is -2.22. The van der Waals surface area contributed by atoms with E-state index in [4.69, 9.17) is 5.73 Å². The summed E-state index contributed by atoms with van der Waals surface area (Å²) < 4.78 is 0. The molecule has 118 valence electrons. The number of unbranched alkanes of at least 4 members (excludes halogenated alkanes) is 2. The molecule has 2 N–H and O–H groups in total. The normalized spacial score (nSPS) is 17.0. The van der Waals surface area contributed by atoms with E-state index in [-0.39, 0.29) is 0 Å². The van der Waals surface area contributed by atoms with Crippen LogP contribution in [0.4, 0.5) is 5.82 Å². The Kier molecular flexibility index (Phi) is 6.89. The molecule has 2 heterocycles. The number of nitrogens with two attached hydrogens (primary N) is 1. The molecule has 0 amide bonds. The summed E-state index contributed by atoms with van der Waals surface area (Å²) in [5.74, 6) is 1.09. The standard InChI is InChI=1S/C16H29N5/c1-2-15-13-16(19-14-18-15)21-10-6-9-20(11-12-21)8-5-3-4-7-17/h13-14H,2-12,17H2,1H3. The minimum absolute atomic E-state index is 0.821. The second-order valence-electron chi connectivity index (χ2n) is 5.75. The molecule has 1 aromatic heterocycles. The van der Waals surface area contributed by atoms with Gasteiger partial charge in [0.2, 0.25) is 0 Å². The lowest BCUT2D eigenvalue weighted by molar-refractivity contribution is 0.286. The molecule has 0 atom stereocenters. The Balaban J connectivity index is 1.82. The fourth-order valence-electron chi connectivity index (χ4n) is 2.83. The van der Waals surface area contributed by atoms with Crippen LogP contribution in [0.3, 0.4) is 0 Å². The number of nitrogens with zero attached hydrogens (tertiary/aromatic N) is 4. The third kappa shape index (κ3) is 5.25. The van der Waals surface area contributed by atoms with Crippen LogP contribution in [0.5, 0.6) is 0 Å². The molecule has 1 aromatic rings. The van der Waals surface area contributed by atoms with Crippen molar-refractivity contribution < 1.29 is 0 Å². The number of aryl methyl sites for hydroxylation is 1. The van der Waals surface area contributed by atoms with Crippen LogP contribution in [0, 0.1) is 0 Å². The third-order valence-electron chi connectivity index (χ3n) is 4.16. The van der Waals surface area contributed by atoms with Crippen molar-refractivity contribution in [2.24, 2.45) is 5.73 Å². The molecule has 0 spiro atoms. The molecule has 5 nitrogen and oxygen atoms in total. The smallest absolute Gasteiger partial charge is 0.132 e. The van der Waals surface area contributed by atoms with E-state index in [1.165, 1.54) is 32.4 Å². The average molecular weight is 291 g/mol. The van der Waals surface area contributed by atoms with Gasteiger partial charge in [0.1, 0.15) is 12.1 Å². The maximum atomic E-state index is 5.55. The molecule has 2 rings (SSSR count). The maximum absolute atomic E-state index is 5.55. The third-order valence-corrected chi connectivity index (χ3v) is 4.16. The van der Waals surface area contributed by atoms with Gasteiger partial charge in [-0.1, -0.05) is 13.3 Å². The average Bonchev–Trinajstić information content (AvgIpc) is 2.77. The molecule has 0 bridgehead atoms. The molecule has 0 unspecified atom stereocenters. The van der Waals surface area contributed by atoms with E-state index >= 15 is 0 Å². The van der Waals surface area contributed by atoms with Gasteiger partial charge in [0, 0.05) is 31.4 Å². The van der Waals surface area contributed by atoms with Crippen LogP contribution in [-0.2, 0) is 6.42 Å².